The van der Waals surface area contributed by atoms with E-state index in [-0.39, 0.29) is 0 Å². The van der Waals surface area contributed by atoms with Crippen LogP contribution in [0.4, 0.5) is 0 Å². The van der Waals surface area contributed by atoms with Crippen LogP contribution in [0, 0.1) is 11.3 Å². The maximum Gasteiger partial charge on any atom is 0.0111 e. The highest BCUT2D eigenvalue weighted by Gasteiger charge is 2.40. The van der Waals surface area contributed by atoms with E-state index in [4.69, 9.17) is 0 Å². The van der Waals surface area contributed by atoms with Crippen molar-refractivity contribution in [1.29, 1.82) is 0 Å². The largest absolute Gasteiger partial charge is 0.313 e. The second kappa shape index (κ2) is 2.21. The maximum absolute atomic E-state index is 3.50. The molecule has 1 fully saturated rings. The zero-order valence-electron chi connectivity index (χ0n) is 7.17. The molecule has 0 spiro atoms. The highest BCUT2D eigenvalue weighted by atomic mass is 15.0. The molecule has 2 rings (SSSR count). The number of rotatable bonds is 0. The second-order valence-corrected chi connectivity index (χ2v) is 3.95. The first-order chi connectivity index (χ1) is 5.22. The molecule has 0 aromatic rings. The van der Waals surface area contributed by atoms with Gasteiger partial charge >= 0.3 is 0 Å². The Balaban J connectivity index is 2.31. The van der Waals surface area contributed by atoms with Crippen molar-refractivity contribution in [2.75, 3.05) is 6.54 Å². The molecule has 0 bridgehead atoms. The summed E-state index contributed by atoms with van der Waals surface area (Å²) in [6.45, 7) is 5.72. The highest BCUT2D eigenvalue weighted by Crippen LogP contribution is 2.38. The molecular weight excluding hydrogens is 134 g/mol. The van der Waals surface area contributed by atoms with Gasteiger partial charge < -0.3 is 5.32 Å². The van der Waals surface area contributed by atoms with Crippen molar-refractivity contribution in [3.63, 3.8) is 0 Å². The van der Waals surface area contributed by atoms with E-state index in [1.54, 1.807) is 0 Å². The van der Waals surface area contributed by atoms with Crippen LogP contribution in [0.3, 0.4) is 0 Å². The van der Waals surface area contributed by atoms with E-state index in [0.717, 1.165) is 6.54 Å². The highest BCUT2D eigenvalue weighted by molar-refractivity contribution is 5.23. The number of allylic oxidation sites excluding steroid dienone is 2. The quantitative estimate of drug-likeness (QED) is 0.553. The number of fused-ring (bicyclic) bond motifs is 1. The molecule has 0 aromatic heterocycles. The van der Waals surface area contributed by atoms with Gasteiger partial charge in [-0.1, -0.05) is 31.2 Å². The number of hydrogen-bond acceptors (Lipinski definition) is 1. The van der Waals surface area contributed by atoms with Gasteiger partial charge in [-0.05, 0) is 6.92 Å². The van der Waals surface area contributed by atoms with E-state index in [9.17, 15) is 0 Å². The fraction of sp³-hybridized carbons (Fsp3) is 0.600. The first-order valence-electron chi connectivity index (χ1n) is 4.32. The molecule has 1 nitrogen and oxygen atoms in total. The normalized spacial score (nSPS) is 47.8. The predicted octanol–water partition coefficient (Wildman–Crippen LogP) is 1.73. The Hall–Kier alpha value is -0.560. The molecule has 0 saturated carbocycles. The van der Waals surface area contributed by atoms with Gasteiger partial charge in [0.1, 0.15) is 0 Å². The van der Waals surface area contributed by atoms with Crippen LogP contribution in [0.25, 0.3) is 0 Å². The molecule has 0 amide bonds. The van der Waals surface area contributed by atoms with Crippen LogP contribution in [0.15, 0.2) is 24.3 Å². The minimum absolute atomic E-state index is 0.383. The molecule has 3 unspecified atom stereocenters. The summed E-state index contributed by atoms with van der Waals surface area (Å²) < 4.78 is 0. The SMILES string of the molecule is CC1NCC2(C)C=CC=CC12. The van der Waals surface area contributed by atoms with Crippen molar-refractivity contribution in [1.82, 2.24) is 5.32 Å². The summed E-state index contributed by atoms with van der Waals surface area (Å²) in [6, 6.07) is 0.640. The summed E-state index contributed by atoms with van der Waals surface area (Å²) in [7, 11) is 0. The van der Waals surface area contributed by atoms with Crippen molar-refractivity contribution in [3.8, 4) is 0 Å². The minimum Gasteiger partial charge on any atom is -0.313 e. The fourth-order valence-electron chi connectivity index (χ4n) is 2.21. The van der Waals surface area contributed by atoms with Crippen LogP contribution in [-0.4, -0.2) is 12.6 Å². The molecule has 2 aliphatic rings. The Bertz CT molecular complexity index is 217. The molecule has 1 aliphatic heterocycles. The molecule has 1 saturated heterocycles. The van der Waals surface area contributed by atoms with E-state index in [0.29, 0.717) is 17.4 Å². The molecule has 1 heteroatoms. The third-order valence-electron chi connectivity index (χ3n) is 3.01. The molecule has 1 aliphatic carbocycles. The molecule has 3 atom stereocenters. The molecule has 1 heterocycles. The molecule has 1 N–H and O–H groups in total. The van der Waals surface area contributed by atoms with Crippen molar-refractivity contribution >= 4 is 0 Å². The van der Waals surface area contributed by atoms with E-state index in [1.807, 2.05) is 0 Å². The van der Waals surface area contributed by atoms with Gasteiger partial charge in [-0.2, -0.15) is 0 Å². The van der Waals surface area contributed by atoms with Gasteiger partial charge in [0.15, 0.2) is 0 Å². The van der Waals surface area contributed by atoms with E-state index in [1.165, 1.54) is 0 Å². The van der Waals surface area contributed by atoms with Gasteiger partial charge in [0.25, 0.3) is 0 Å². The van der Waals surface area contributed by atoms with Crippen LogP contribution in [0.2, 0.25) is 0 Å². The molecule has 0 radical (unpaired) electrons. The van der Waals surface area contributed by atoms with Crippen LogP contribution >= 0.6 is 0 Å². The average molecular weight is 149 g/mol. The Morgan fingerprint density at radius 3 is 3.00 bits per heavy atom. The minimum atomic E-state index is 0.383. The average Bonchev–Trinajstić information content (AvgIpc) is 2.29. The molecule has 60 valence electrons. The van der Waals surface area contributed by atoms with Gasteiger partial charge in [-0.15, -0.1) is 0 Å². The number of nitrogens with one attached hydrogen (secondary N) is 1. The maximum atomic E-state index is 3.50. The lowest BCUT2D eigenvalue weighted by molar-refractivity contribution is 0.368. The van der Waals surface area contributed by atoms with Crippen LogP contribution in [-0.2, 0) is 0 Å². The van der Waals surface area contributed by atoms with Gasteiger partial charge in [0.2, 0.25) is 0 Å². The lowest BCUT2D eigenvalue weighted by Crippen LogP contribution is -2.26. The third-order valence-corrected chi connectivity index (χ3v) is 3.01. The fourth-order valence-corrected chi connectivity index (χ4v) is 2.21. The topological polar surface area (TPSA) is 12.0 Å². The van der Waals surface area contributed by atoms with Gasteiger partial charge in [-0.25, -0.2) is 0 Å². The van der Waals surface area contributed by atoms with Crippen molar-refractivity contribution in [3.05, 3.63) is 24.3 Å². The zero-order chi connectivity index (χ0) is 7.90. The summed E-state index contributed by atoms with van der Waals surface area (Å²) in [4.78, 5) is 0. The second-order valence-electron chi connectivity index (χ2n) is 3.95. The van der Waals surface area contributed by atoms with E-state index in [2.05, 4.69) is 43.5 Å². The van der Waals surface area contributed by atoms with Crippen molar-refractivity contribution in [2.24, 2.45) is 11.3 Å². The predicted molar refractivity (Wildman–Crippen MR) is 47.3 cm³/mol. The lowest BCUT2D eigenvalue weighted by atomic mass is 9.75. The first-order valence-corrected chi connectivity index (χ1v) is 4.32. The molecule has 11 heavy (non-hydrogen) atoms. The van der Waals surface area contributed by atoms with Gasteiger partial charge in [0.05, 0.1) is 0 Å². The summed E-state index contributed by atoms with van der Waals surface area (Å²) in [6.07, 6.45) is 8.98. The summed E-state index contributed by atoms with van der Waals surface area (Å²) in [5.74, 6) is 0.701. The first kappa shape index (κ1) is 7.11. The standard InChI is InChI=1S/C10H15N/c1-8-9-5-3-4-6-10(9,2)7-11-8/h3-6,8-9,11H,7H2,1-2H3. The van der Waals surface area contributed by atoms with Gasteiger partial charge in [-0.3, -0.25) is 0 Å². The molecular formula is C10H15N. The summed E-state index contributed by atoms with van der Waals surface area (Å²) >= 11 is 0. The Morgan fingerprint density at radius 2 is 2.27 bits per heavy atom. The summed E-state index contributed by atoms with van der Waals surface area (Å²) in [5.41, 5.74) is 0.383. The summed E-state index contributed by atoms with van der Waals surface area (Å²) in [5, 5.41) is 3.50. The Labute approximate surface area is 68.2 Å². The monoisotopic (exact) mass is 149 g/mol. The Morgan fingerprint density at radius 1 is 1.45 bits per heavy atom. The lowest BCUT2D eigenvalue weighted by Gasteiger charge is -2.28. The van der Waals surface area contributed by atoms with Crippen molar-refractivity contribution in [2.45, 2.75) is 19.9 Å². The van der Waals surface area contributed by atoms with Crippen LogP contribution in [0.1, 0.15) is 13.8 Å². The van der Waals surface area contributed by atoms with Crippen molar-refractivity contribution < 1.29 is 0 Å². The Kier molecular flexibility index (Phi) is 1.43. The van der Waals surface area contributed by atoms with Gasteiger partial charge in [0, 0.05) is 23.9 Å². The smallest absolute Gasteiger partial charge is 0.0111 e. The van der Waals surface area contributed by atoms with E-state index >= 15 is 0 Å². The molecule has 0 aromatic carbocycles. The zero-order valence-corrected chi connectivity index (χ0v) is 7.17. The number of hydrogen-bond donors (Lipinski definition) is 1. The van der Waals surface area contributed by atoms with E-state index < -0.39 is 0 Å². The van der Waals surface area contributed by atoms with Crippen LogP contribution in [0.5, 0.6) is 0 Å². The third kappa shape index (κ3) is 0.951. The van der Waals surface area contributed by atoms with Crippen LogP contribution < -0.4 is 5.32 Å².